The molecular weight excluding hydrogens is 234 g/mol. The number of nitrogens with one attached hydrogen (secondary N) is 1. The molecule has 2 heterocycles. The highest BCUT2D eigenvalue weighted by Crippen LogP contribution is 2.32. The highest BCUT2D eigenvalue weighted by molar-refractivity contribution is 7.10. The van der Waals surface area contributed by atoms with E-state index >= 15 is 0 Å². The lowest BCUT2D eigenvalue weighted by Gasteiger charge is -2.18. The Morgan fingerprint density at radius 1 is 1.60 bits per heavy atom. The van der Waals surface area contributed by atoms with Crippen LogP contribution in [0.5, 0.6) is 0 Å². The Morgan fingerprint density at radius 2 is 2.33 bits per heavy atom. The van der Waals surface area contributed by atoms with E-state index < -0.39 is 0 Å². The third kappa shape index (κ3) is 2.71. The second kappa shape index (κ2) is 5.27. The zero-order chi connectivity index (χ0) is 10.7. The fourth-order valence-electron chi connectivity index (χ4n) is 1.65. The second-order valence-electron chi connectivity index (χ2n) is 3.38. The summed E-state index contributed by atoms with van der Waals surface area (Å²) in [6.07, 6.45) is 0.706. The van der Waals surface area contributed by atoms with Crippen molar-refractivity contribution in [2.75, 3.05) is 20.3 Å². The van der Waals surface area contributed by atoms with Gasteiger partial charge in [-0.05, 0) is 18.5 Å². The molecule has 1 atom stereocenters. The summed E-state index contributed by atoms with van der Waals surface area (Å²) in [5.41, 5.74) is 0. The highest BCUT2D eigenvalue weighted by Gasteiger charge is 2.23. The molecule has 84 valence electrons. The van der Waals surface area contributed by atoms with Gasteiger partial charge in [-0.3, -0.25) is 0 Å². The van der Waals surface area contributed by atoms with Gasteiger partial charge in [-0.15, -0.1) is 11.3 Å². The van der Waals surface area contributed by atoms with Gasteiger partial charge >= 0.3 is 0 Å². The van der Waals surface area contributed by atoms with Gasteiger partial charge in [0.05, 0.1) is 18.2 Å². The van der Waals surface area contributed by atoms with E-state index in [0.29, 0.717) is 13.2 Å². The third-order valence-electron chi connectivity index (χ3n) is 2.43. The summed E-state index contributed by atoms with van der Waals surface area (Å²) in [6, 6.07) is 2.13. The van der Waals surface area contributed by atoms with Crippen molar-refractivity contribution in [3.63, 3.8) is 0 Å². The average molecular weight is 248 g/mol. The van der Waals surface area contributed by atoms with Crippen molar-refractivity contribution in [1.29, 1.82) is 0 Å². The molecule has 1 aromatic rings. The van der Waals surface area contributed by atoms with E-state index in [4.69, 9.17) is 21.1 Å². The fraction of sp³-hybridized carbons (Fsp3) is 0.600. The Kier molecular flexibility index (Phi) is 3.99. The average Bonchev–Trinajstić information content (AvgIpc) is 2.85. The fourth-order valence-corrected chi connectivity index (χ4v) is 2.96. The van der Waals surface area contributed by atoms with Crippen LogP contribution in [-0.4, -0.2) is 26.6 Å². The first kappa shape index (κ1) is 11.4. The highest BCUT2D eigenvalue weighted by atomic mass is 35.5. The van der Waals surface area contributed by atoms with E-state index in [1.54, 1.807) is 11.3 Å². The molecule has 1 unspecified atom stereocenters. The Hall–Kier alpha value is -0.130. The molecular formula is C10H14ClNO2S. The molecule has 0 aliphatic carbocycles. The summed E-state index contributed by atoms with van der Waals surface area (Å²) in [7, 11) is 1.93. The minimum absolute atomic E-state index is 0.0967. The Morgan fingerprint density at radius 3 is 2.87 bits per heavy atom. The normalized spacial score (nSPS) is 19.6. The van der Waals surface area contributed by atoms with Crippen LogP contribution in [0.3, 0.4) is 0 Å². The van der Waals surface area contributed by atoms with Crippen molar-refractivity contribution in [1.82, 2.24) is 5.32 Å². The summed E-state index contributed by atoms with van der Waals surface area (Å²) in [5.74, 6) is 0. The topological polar surface area (TPSA) is 30.5 Å². The van der Waals surface area contributed by atoms with Crippen LogP contribution < -0.4 is 5.32 Å². The van der Waals surface area contributed by atoms with Gasteiger partial charge in [0.15, 0.2) is 6.29 Å². The van der Waals surface area contributed by atoms with Crippen molar-refractivity contribution >= 4 is 22.9 Å². The van der Waals surface area contributed by atoms with Crippen LogP contribution in [0.2, 0.25) is 5.02 Å². The quantitative estimate of drug-likeness (QED) is 0.887. The zero-order valence-corrected chi connectivity index (χ0v) is 10.1. The molecule has 0 radical (unpaired) electrons. The molecule has 0 aromatic carbocycles. The Balaban J connectivity index is 2.00. The molecule has 5 heteroatoms. The predicted octanol–water partition coefficient (Wildman–Crippen LogP) is 2.43. The standard InChI is InChI=1S/C10H14ClNO2S/c1-12-8(6-9-13-3-4-14-9)10-7(11)2-5-15-10/h2,5,8-9,12H,3-4,6H2,1H3. The van der Waals surface area contributed by atoms with E-state index in [9.17, 15) is 0 Å². The molecule has 0 saturated carbocycles. The van der Waals surface area contributed by atoms with Crippen LogP contribution in [0.4, 0.5) is 0 Å². The van der Waals surface area contributed by atoms with Gasteiger partial charge in [0.25, 0.3) is 0 Å². The van der Waals surface area contributed by atoms with Gasteiger partial charge in [0.2, 0.25) is 0 Å². The van der Waals surface area contributed by atoms with E-state index in [0.717, 1.165) is 16.3 Å². The number of hydrogen-bond donors (Lipinski definition) is 1. The van der Waals surface area contributed by atoms with E-state index in [2.05, 4.69) is 5.32 Å². The summed E-state index contributed by atoms with van der Waals surface area (Å²) in [5, 5.41) is 6.05. The monoisotopic (exact) mass is 247 g/mol. The van der Waals surface area contributed by atoms with E-state index in [1.807, 2.05) is 18.5 Å². The van der Waals surface area contributed by atoms with Gasteiger partial charge < -0.3 is 14.8 Å². The number of rotatable bonds is 4. The molecule has 1 aliphatic heterocycles. The van der Waals surface area contributed by atoms with Crippen LogP contribution in [0.25, 0.3) is 0 Å². The maximum absolute atomic E-state index is 6.09. The first-order chi connectivity index (χ1) is 7.31. The van der Waals surface area contributed by atoms with Crippen molar-refractivity contribution in [2.45, 2.75) is 18.8 Å². The van der Waals surface area contributed by atoms with Crippen LogP contribution in [-0.2, 0) is 9.47 Å². The van der Waals surface area contributed by atoms with Gasteiger partial charge in [-0.2, -0.15) is 0 Å². The van der Waals surface area contributed by atoms with Crippen molar-refractivity contribution in [3.05, 3.63) is 21.3 Å². The van der Waals surface area contributed by atoms with Crippen molar-refractivity contribution < 1.29 is 9.47 Å². The van der Waals surface area contributed by atoms with Crippen molar-refractivity contribution in [3.8, 4) is 0 Å². The lowest BCUT2D eigenvalue weighted by molar-refractivity contribution is -0.0523. The van der Waals surface area contributed by atoms with Crippen molar-refractivity contribution in [2.24, 2.45) is 0 Å². The number of halogens is 1. The minimum atomic E-state index is -0.0967. The summed E-state index contributed by atoms with van der Waals surface area (Å²) in [4.78, 5) is 1.15. The maximum atomic E-state index is 6.09. The van der Waals surface area contributed by atoms with Crippen LogP contribution in [0.1, 0.15) is 17.3 Å². The Bertz CT molecular complexity index is 312. The van der Waals surface area contributed by atoms with Gasteiger partial charge in [0.1, 0.15) is 0 Å². The lowest BCUT2D eigenvalue weighted by Crippen LogP contribution is -2.22. The van der Waals surface area contributed by atoms with Crippen LogP contribution >= 0.6 is 22.9 Å². The summed E-state index contributed by atoms with van der Waals surface area (Å²) in [6.45, 7) is 1.39. The van der Waals surface area contributed by atoms with Crippen LogP contribution in [0.15, 0.2) is 11.4 Å². The largest absolute Gasteiger partial charge is 0.350 e. The van der Waals surface area contributed by atoms with Gasteiger partial charge in [0, 0.05) is 17.3 Å². The van der Waals surface area contributed by atoms with Gasteiger partial charge in [-0.25, -0.2) is 0 Å². The molecule has 0 amide bonds. The van der Waals surface area contributed by atoms with Gasteiger partial charge in [-0.1, -0.05) is 11.6 Å². The molecule has 1 aromatic heterocycles. The van der Waals surface area contributed by atoms with Crippen LogP contribution in [0, 0.1) is 0 Å². The molecule has 1 N–H and O–H groups in total. The zero-order valence-electron chi connectivity index (χ0n) is 8.53. The smallest absolute Gasteiger partial charge is 0.159 e. The number of ether oxygens (including phenoxy) is 2. The molecule has 3 nitrogen and oxygen atoms in total. The summed E-state index contributed by atoms with van der Waals surface area (Å²) < 4.78 is 10.8. The number of thiophene rings is 1. The first-order valence-electron chi connectivity index (χ1n) is 4.94. The molecule has 0 bridgehead atoms. The second-order valence-corrected chi connectivity index (χ2v) is 4.74. The third-order valence-corrected chi connectivity index (χ3v) is 3.90. The van der Waals surface area contributed by atoms with E-state index in [-0.39, 0.29) is 12.3 Å². The maximum Gasteiger partial charge on any atom is 0.159 e. The molecule has 1 aliphatic rings. The predicted molar refractivity (Wildman–Crippen MR) is 61.4 cm³/mol. The molecule has 0 spiro atoms. The lowest BCUT2D eigenvalue weighted by atomic mass is 10.1. The molecule has 1 saturated heterocycles. The SMILES string of the molecule is CNC(CC1OCCO1)c1sccc1Cl. The summed E-state index contributed by atoms with van der Waals surface area (Å²) >= 11 is 7.75. The molecule has 15 heavy (non-hydrogen) atoms. The number of hydrogen-bond acceptors (Lipinski definition) is 4. The van der Waals surface area contributed by atoms with E-state index in [1.165, 1.54) is 0 Å². The molecule has 1 fully saturated rings. The Labute approximate surface area is 98.3 Å². The minimum Gasteiger partial charge on any atom is -0.350 e. The molecule has 2 rings (SSSR count). The first-order valence-corrected chi connectivity index (χ1v) is 6.20.